The zero-order valence-electron chi connectivity index (χ0n) is 12.2. The predicted octanol–water partition coefficient (Wildman–Crippen LogP) is -0.472. The van der Waals surface area contributed by atoms with Crippen LogP contribution in [-0.2, 0) is 19.5 Å². The first-order chi connectivity index (χ1) is 8.87. The second-order valence-corrected chi connectivity index (χ2v) is 3.04. The minimum absolute atomic E-state index is 0. The van der Waals surface area contributed by atoms with E-state index in [0.29, 0.717) is 0 Å². The first-order valence-electron chi connectivity index (χ1n) is 4.83. The molecule has 0 saturated heterocycles. The summed E-state index contributed by atoms with van der Waals surface area (Å²) in [7, 11) is 8.35. The summed E-state index contributed by atoms with van der Waals surface area (Å²) in [6.45, 7) is 3.86. The van der Waals surface area contributed by atoms with Crippen molar-refractivity contribution in [3.63, 3.8) is 0 Å². The third-order valence-electron chi connectivity index (χ3n) is 0.994. The maximum absolute atomic E-state index is 8.93. The number of likely N-dealkylation sites (N-methyl/N-ethyl adjacent to an activating group) is 2. The molecular formula is C8H21N5O6Ru+2. The number of nitrogens with zero attached hydrogens (tertiary/aromatic N) is 5. The van der Waals surface area contributed by atoms with E-state index in [2.05, 4.69) is 38.0 Å². The molecule has 0 saturated carbocycles. The topological polar surface area (TPSA) is 174 Å². The second kappa shape index (κ2) is 52.2. The fraction of sp³-hybridized carbons (Fsp3) is 1.00. The Morgan fingerprint density at radius 3 is 1.05 bits per heavy atom. The zero-order valence-corrected chi connectivity index (χ0v) is 13.9. The Labute approximate surface area is 131 Å². The van der Waals surface area contributed by atoms with Gasteiger partial charge >= 0.3 is 19.5 Å². The number of rotatable bonds is 3. The van der Waals surface area contributed by atoms with Gasteiger partial charge in [0.1, 0.15) is 5.59 Å². The van der Waals surface area contributed by atoms with Gasteiger partial charge in [0, 0.05) is 13.1 Å². The van der Waals surface area contributed by atoms with Crippen molar-refractivity contribution < 1.29 is 24.6 Å². The van der Waals surface area contributed by atoms with E-state index in [1.807, 2.05) is 0 Å². The number of hydrogen-bond donors (Lipinski definition) is 0. The van der Waals surface area contributed by atoms with Crippen molar-refractivity contribution in [3.8, 4) is 0 Å². The van der Waals surface area contributed by atoms with Crippen LogP contribution in [0.5, 0.6) is 0 Å². The summed E-state index contributed by atoms with van der Waals surface area (Å²) in [5.74, 6) is 0. The van der Waals surface area contributed by atoms with Gasteiger partial charge in [-0.3, -0.25) is 0 Å². The Kier molecular flexibility index (Phi) is 94.9. The average molecular weight is 384 g/mol. The molecule has 0 aromatic heterocycles. The van der Waals surface area contributed by atoms with Crippen LogP contribution in [-0.4, -0.2) is 57.7 Å². The molecule has 0 amide bonds. The van der Waals surface area contributed by atoms with Gasteiger partial charge in [-0.15, -0.1) is 22.2 Å². The van der Waals surface area contributed by atoms with Crippen LogP contribution in [0.4, 0.5) is 0 Å². The maximum Gasteiger partial charge on any atom is 5.00 e. The summed E-state index contributed by atoms with van der Waals surface area (Å²) in [5.41, 5.74) is 5.75. The molecule has 0 aliphatic rings. The standard InChI is InChI=1S/C6H16N2.C2H5O.2HNO2.NO.Ru/c1-7(2)5-6-8(3)4;1-2-3;2*2-1-3;1-2;/h5-6H2,1-4H3;2H2,1H3;2*(H,2,3);;/q;-1;;;;+5/p-2. The van der Waals surface area contributed by atoms with E-state index < -0.39 is 0 Å². The van der Waals surface area contributed by atoms with E-state index in [4.69, 9.17) is 35.8 Å². The van der Waals surface area contributed by atoms with Crippen LogP contribution in [0.1, 0.15) is 6.92 Å². The molecule has 0 heterocycles. The molecule has 0 aliphatic heterocycles. The Morgan fingerprint density at radius 1 is 0.900 bits per heavy atom. The third-order valence-corrected chi connectivity index (χ3v) is 0.994. The van der Waals surface area contributed by atoms with Crippen LogP contribution in [0.15, 0.2) is 10.7 Å². The molecule has 20 heavy (non-hydrogen) atoms. The Balaban J connectivity index is -0.0000000347. The van der Waals surface area contributed by atoms with Gasteiger partial charge in [-0.05, 0) is 28.2 Å². The van der Waals surface area contributed by atoms with E-state index >= 15 is 0 Å². The van der Waals surface area contributed by atoms with Gasteiger partial charge < -0.3 is 35.1 Å². The largest absolute Gasteiger partial charge is 5.00 e. The Bertz CT molecular complexity index is 141. The SMILES string of the molecule is CC[O-].CN(C)CCN(C)C.O=N[O-].O=N[O-].[N]=O.[Ru+5]. The van der Waals surface area contributed by atoms with E-state index in [9.17, 15) is 0 Å². The summed E-state index contributed by atoms with van der Waals surface area (Å²) in [6.07, 6.45) is 0. The van der Waals surface area contributed by atoms with E-state index in [1.54, 1.807) is 6.92 Å². The van der Waals surface area contributed by atoms with E-state index in [1.165, 1.54) is 0 Å². The van der Waals surface area contributed by atoms with Gasteiger partial charge in [0.15, 0.2) is 0 Å². The summed E-state index contributed by atoms with van der Waals surface area (Å²) in [5, 5.41) is 26.9. The van der Waals surface area contributed by atoms with Crippen LogP contribution in [0.25, 0.3) is 0 Å². The Hall–Kier alpha value is -1.10. The third kappa shape index (κ3) is 281. The number of hydrogen-bond acceptors (Lipinski definition) is 10. The van der Waals surface area contributed by atoms with Crippen LogP contribution in [0.3, 0.4) is 0 Å². The quantitative estimate of drug-likeness (QED) is 0.356. The molecule has 0 N–H and O–H groups in total. The summed E-state index contributed by atoms with van der Waals surface area (Å²) < 4.78 is 0. The minimum atomic E-state index is 0. The molecule has 0 atom stereocenters. The fourth-order valence-corrected chi connectivity index (χ4v) is 0.400. The van der Waals surface area contributed by atoms with Gasteiger partial charge in [-0.25, -0.2) is 0 Å². The van der Waals surface area contributed by atoms with Gasteiger partial charge in [-0.1, -0.05) is 6.92 Å². The fourth-order valence-electron chi connectivity index (χ4n) is 0.400. The van der Waals surface area contributed by atoms with Crippen molar-refractivity contribution in [2.75, 3.05) is 47.9 Å². The van der Waals surface area contributed by atoms with E-state index in [0.717, 1.165) is 23.8 Å². The van der Waals surface area contributed by atoms with Crippen molar-refractivity contribution in [1.82, 2.24) is 15.4 Å². The summed E-state index contributed by atoms with van der Waals surface area (Å²) in [4.78, 5) is 27.6. The number of nitroso groups, excluding NO2 is 1. The van der Waals surface area contributed by atoms with Crippen LogP contribution in [0.2, 0.25) is 0 Å². The van der Waals surface area contributed by atoms with Gasteiger partial charge in [0.2, 0.25) is 0 Å². The molecule has 11 nitrogen and oxygen atoms in total. The molecule has 0 bridgehead atoms. The molecule has 0 aromatic rings. The normalized spacial score (nSPS) is 6.80. The van der Waals surface area contributed by atoms with Crippen molar-refractivity contribution in [2.45, 2.75) is 6.92 Å². The summed E-state index contributed by atoms with van der Waals surface area (Å²) >= 11 is 0. The van der Waals surface area contributed by atoms with Crippen LogP contribution in [0, 0.1) is 25.1 Å². The van der Waals surface area contributed by atoms with Crippen molar-refractivity contribution in [3.05, 3.63) is 25.1 Å². The second-order valence-electron chi connectivity index (χ2n) is 3.04. The molecule has 12 heteroatoms. The molecule has 0 spiro atoms. The van der Waals surface area contributed by atoms with Gasteiger partial charge in [0.25, 0.3) is 0 Å². The molecule has 0 aliphatic carbocycles. The zero-order chi connectivity index (χ0) is 16.7. The first kappa shape index (κ1) is 36.4. The molecular weight excluding hydrogens is 363 g/mol. The summed E-state index contributed by atoms with van der Waals surface area (Å²) in [6, 6.07) is 0. The smallest absolute Gasteiger partial charge is 0.855 e. The van der Waals surface area contributed by atoms with E-state index in [-0.39, 0.29) is 26.1 Å². The van der Waals surface area contributed by atoms with Crippen molar-refractivity contribution in [2.24, 2.45) is 10.7 Å². The molecule has 2 radical (unpaired) electrons. The van der Waals surface area contributed by atoms with Gasteiger partial charge in [-0.2, -0.15) is 0 Å². The first-order valence-corrected chi connectivity index (χ1v) is 4.83. The molecule has 120 valence electrons. The molecule has 0 rings (SSSR count). The van der Waals surface area contributed by atoms with Crippen LogP contribution >= 0.6 is 0 Å². The molecule has 0 aromatic carbocycles. The monoisotopic (exact) mass is 385 g/mol. The Morgan fingerprint density at radius 2 is 1.00 bits per heavy atom. The molecule has 0 fully saturated rings. The van der Waals surface area contributed by atoms with Crippen LogP contribution < -0.4 is 10.7 Å². The minimum Gasteiger partial charge on any atom is -0.855 e. The van der Waals surface area contributed by atoms with Crippen molar-refractivity contribution >= 4 is 0 Å². The predicted molar refractivity (Wildman–Crippen MR) is 71.5 cm³/mol. The van der Waals surface area contributed by atoms with Gasteiger partial charge in [0.05, 0.1) is 0 Å². The maximum atomic E-state index is 8.93. The molecule has 0 unspecified atom stereocenters. The average Bonchev–Trinajstić information content (AvgIpc) is 2.32. The van der Waals surface area contributed by atoms with Crippen molar-refractivity contribution in [1.29, 1.82) is 0 Å².